The lowest BCUT2D eigenvalue weighted by molar-refractivity contribution is 0.00300. The lowest BCUT2D eigenvalue weighted by atomic mass is 10.1. The molecule has 4 atom stereocenters. The maximum Gasteiger partial charge on any atom is 0.0953 e. The third kappa shape index (κ3) is 2.04. The summed E-state index contributed by atoms with van der Waals surface area (Å²) in [5.74, 6) is -0.245. The summed E-state index contributed by atoms with van der Waals surface area (Å²) >= 11 is 0. The second kappa shape index (κ2) is 4.23. The van der Waals surface area contributed by atoms with Crippen LogP contribution in [-0.4, -0.2) is 40.2 Å². The summed E-state index contributed by atoms with van der Waals surface area (Å²) in [5.41, 5.74) is 5.41. The Bertz CT molecular complexity index is 124. The molecule has 1 rings (SSSR count). The van der Waals surface area contributed by atoms with Crippen LogP contribution >= 0.6 is 12.4 Å². The molecule has 0 aliphatic heterocycles. The molecule has 0 heterocycles. The molecule has 0 amide bonds. The predicted octanol–water partition coefficient (Wildman–Crippen LogP) is -1.53. The molecule has 1 aliphatic rings. The van der Waals surface area contributed by atoms with Crippen LogP contribution in [0.25, 0.3) is 0 Å². The predicted molar refractivity (Wildman–Crippen MR) is 42.4 cm³/mol. The molecule has 0 unspecified atom stereocenters. The van der Waals surface area contributed by atoms with Crippen LogP contribution in [0.1, 0.15) is 6.42 Å². The van der Waals surface area contributed by atoms with E-state index in [1.54, 1.807) is 0 Å². The number of nitrogens with two attached hydrogens (primary N) is 1. The minimum absolute atomic E-state index is 0. The van der Waals surface area contributed by atoms with Crippen molar-refractivity contribution < 1.29 is 15.3 Å². The van der Waals surface area contributed by atoms with Crippen molar-refractivity contribution in [3.8, 4) is 0 Å². The molecule has 0 bridgehead atoms. The van der Waals surface area contributed by atoms with Crippen molar-refractivity contribution in [3.05, 3.63) is 0 Å². The van der Waals surface area contributed by atoms with Crippen LogP contribution in [0.4, 0.5) is 0 Å². The Morgan fingerprint density at radius 1 is 1.27 bits per heavy atom. The molecular formula is C6H14ClNO3. The second-order valence-corrected chi connectivity index (χ2v) is 2.82. The highest BCUT2D eigenvalue weighted by Gasteiger charge is 2.38. The Morgan fingerprint density at radius 2 is 1.82 bits per heavy atom. The normalized spacial score (nSPS) is 43.6. The largest absolute Gasteiger partial charge is 0.396 e. The second-order valence-electron chi connectivity index (χ2n) is 2.82. The first kappa shape index (κ1) is 11.1. The van der Waals surface area contributed by atoms with Crippen molar-refractivity contribution in [1.29, 1.82) is 0 Å². The van der Waals surface area contributed by atoms with E-state index in [1.807, 2.05) is 0 Å². The van der Waals surface area contributed by atoms with Crippen LogP contribution in [0.5, 0.6) is 0 Å². The van der Waals surface area contributed by atoms with Gasteiger partial charge in [-0.3, -0.25) is 0 Å². The van der Waals surface area contributed by atoms with E-state index < -0.39 is 12.2 Å². The number of rotatable bonds is 1. The number of aliphatic hydroxyl groups is 3. The van der Waals surface area contributed by atoms with E-state index in [0.29, 0.717) is 6.42 Å². The van der Waals surface area contributed by atoms with Crippen molar-refractivity contribution in [2.45, 2.75) is 24.7 Å². The fourth-order valence-electron chi connectivity index (χ4n) is 1.34. The molecule has 0 aromatic carbocycles. The molecule has 0 aromatic rings. The number of aliphatic hydroxyl groups excluding tert-OH is 3. The van der Waals surface area contributed by atoms with Gasteiger partial charge >= 0.3 is 0 Å². The summed E-state index contributed by atoms with van der Waals surface area (Å²) in [5, 5.41) is 26.9. The van der Waals surface area contributed by atoms with Crippen molar-refractivity contribution in [1.82, 2.24) is 0 Å². The zero-order valence-electron chi connectivity index (χ0n) is 6.05. The van der Waals surface area contributed by atoms with E-state index >= 15 is 0 Å². The highest BCUT2D eigenvalue weighted by atomic mass is 35.5. The average Bonchev–Trinajstić information content (AvgIpc) is 2.17. The van der Waals surface area contributed by atoms with Gasteiger partial charge in [-0.15, -0.1) is 12.4 Å². The standard InChI is InChI=1S/C6H13NO3.ClH/c7-4-1-3(2-8)5(9)6(4)10;/h3-6,8-10H,1-2,7H2;1H/t3-,4-,5+,6+;/m1./s1. The van der Waals surface area contributed by atoms with E-state index in [1.165, 1.54) is 0 Å². The maximum atomic E-state index is 9.14. The topological polar surface area (TPSA) is 86.7 Å². The van der Waals surface area contributed by atoms with Crippen LogP contribution in [0, 0.1) is 5.92 Å². The number of halogens is 1. The van der Waals surface area contributed by atoms with Gasteiger partial charge in [0.15, 0.2) is 0 Å². The Kier molecular flexibility index (Phi) is 4.28. The van der Waals surface area contributed by atoms with E-state index in [0.717, 1.165) is 0 Å². The van der Waals surface area contributed by atoms with Crippen LogP contribution in [0.3, 0.4) is 0 Å². The minimum atomic E-state index is -0.864. The Hall–Kier alpha value is 0.130. The van der Waals surface area contributed by atoms with Crippen LogP contribution in [0.15, 0.2) is 0 Å². The fraction of sp³-hybridized carbons (Fsp3) is 1.00. The van der Waals surface area contributed by atoms with E-state index in [9.17, 15) is 0 Å². The molecule has 5 heteroatoms. The zero-order valence-corrected chi connectivity index (χ0v) is 6.87. The highest BCUT2D eigenvalue weighted by Crippen LogP contribution is 2.24. The third-order valence-corrected chi connectivity index (χ3v) is 2.08. The first-order valence-electron chi connectivity index (χ1n) is 3.39. The van der Waals surface area contributed by atoms with Gasteiger partial charge in [0.2, 0.25) is 0 Å². The molecule has 0 radical (unpaired) electrons. The molecule has 5 N–H and O–H groups in total. The summed E-state index contributed by atoms with van der Waals surface area (Å²) in [6, 6.07) is -0.382. The fourth-order valence-corrected chi connectivity index (χ4v) is 1.34. The van der Waals surface area contributed by atoms with Gasteiger partial charge < -0.3 is 21.1 Å². The van der Waals surface area contributed by atoms with Crippen LogP contribution < -0.4 is 5.73 Å². The van der Waals surface area contributed by atoms with E-state index in [-0.39, 0.29) is 31.0 Å². The lowest BCUT2D eigenvalue weighted by Gasteiger charge is -2.13. The van der Waals surface area contributed by atoms with Gasteiger partial charge in [-0.2, -0.15) is 0 Å². The molecule has 1 aliphatic carbocycles. The van der Waals surface area contributed by atoms with E-state index in [2.05, 4.69) is 0 Å². The minimum Gasteiger partial charge on any atom is -0.396 e. The molecule has 0 spiro atoms. The summed E-state index contributed by atoms with van der Waals surface area (Å²) < 4.78 is 0. The molecule has 0 saturated heterocycles. The summed E-state index contributed by atoms with van der Waals surface area (Å²) in [4.78, 5) is 0. The van der Waals surface area contributed by atoms with Crippen molar-refractivity contribution in [2.75, 3.05) is 6.61 Å². The summed E-state index contributed by atoms with van der Waals surface area (Å²) in [6.07, 6.45) is -1.21. The smallest absolute Gasteiger partial charge is 0.0953 e. The third-order valence-electron chi connectivity index (χ3n) is 2.08. The quantitative estimate of drug-likeness (QED) is 0.397. The Balaban J connectivity index is 0.000001000. The molecule has 1 saturated carbocycles. The van der Waals surface area contributed by atoms with Crippen LogP contribution in [0.2, 0.25) is 0 Å². The molecule has 68 valence electrons. The molecule has 1 fully saturated rings. The molecule has 0 aromatic heterocycles. The maximum absolute atomic E-state index is 9.14. The van der Waals surface area contributed by atoms with Gasteiger partial charge in [-0.05, 0) is 6.42 Å². The van der Waals surface area contributed by atoms with Crippen molar-refractivity contribution >= 4 is 12.4 Å². The Morgan fingerprint density at radius 3 is 2.00 bits per heavy atom. The first-order valence-corrected chi connectivity index (χ1v) is 3.39. The van der Waals surface area contributed by atoms with E-state index in [4.69, 9.17) is 21.1 Å². The van der Waals surface area contributed by atoms with Gasteiger partial charge in [0.05, 0.1) is 12.2 Å². The van der Waals surface area contributed by atoms with Crippen molar-refractivity contribution in [2.24, 2.45) is 11.7 Å². The molecule has 4 nitrogen and oxygen atoms in total. The first-order chi connectivity index (χ1) is 4.66. The van der Waals surface area contributed by atoms with Gasteiger partial charge in [-0.25, -0.2) is 0 Å². The van der Waals surface area contributed by atoms with Gasteiger partial charge in [0, 0.05) is 18.6 Å². The summed E-state index contributed by atoms with van der Waals surface area (Å²) in [7, 11) is 0. The van der Waals surface area contributed by atoms with Gasteiger partial charge in [0.1, 0.15) is 0 Å². The zero-order chi connectivity index (χ0) is 7.72. The lowest BCUT2D eigenvalue weighted by Crippen LogP contribution is -2.35. The summed E-state index contributed by atoms with van der Waals surface area (Å²) in [6.45, 7) is -0.105. The monoisotopic (exact) mass is 183 g/mol. The highest BCUT2D eigenvalue weighted by molar-refractivity contribution is 5.85. The number of hydrogen-bond acceptors (Lipinski definition) is 4. The van der Waals surface area contributed by atoms with Gasteiger partial charge in [-0.1, -0.05) is 0 Å². The molecule has 11 heavy (non-hydrogen) atoms. The van der Waals surface area contributed by atoms with Gasteiger partial charge in [0.25, 0.3) is 0 Å². The Labute approximate surface area is 71.4 Å². The van der Waals surface area contributed by atoms with Crippen LogP contribution in [-0.2, 0) is 0 Å². The average molecular weight is 184 g/mol. The number of hydrogen-bond donors (Lipinski definition) is 4. The van der Waals surface area contributed by atoms with Crippen molar-refractivity contribution in [3.63, 3.8) is 0 Å². The SMILES string of the molecule is Cl.N[C@@H]1C[C@H](CO)[C@H](O)[C@H]1O. The molecular weight excluding hydrogens is 170 g/mol.